The third-order valence-corrected chi connectivity index (χ3v) is 10.2. The molecule has 2 nitrogen and oxygen atoms in total. The zero-order valence-electron chi connectivity index (χ0n) is 19.2. The highest BCUT2D eigenvalue weighted by atomic mass is 16.5. The SMILES string of the molecule is CC1=C(CCC(C)C)OC2CC3C4CCC5CC(=O)C=CC5(C)C4CCC3(C)C12. The topological polar surface area (TPSA) is 26.3 Å². The first-order chi connectivity index (χ1) is 13.7. The van der Waals surface area contributed by atoms with E-state index in [1.165, 1.54) is 44.3 Å². The summed E-state index contributed by atoms with van der Waals surface area (Å²) in [5.41, 5.74) is 2.24. The van der Waals surface area contributed by atoms with E-state index in [-0.39, 0.29) is 5.41 Å². The lowest BCUT2D eigenvalue weighted by Gasteiger charge is -2.58. The van der Waals surface area contributed by atoms with Gasteiger partial charge in [0.1, 0.15) is 6.10 Å². The molecule has 8 unspecified atom stereocenters. The van der Waals surface area contributed by atoms with Crippen LogP contribution in [-0.4, -0.2) is 11.9 Å². The Bertz CT molecular complexity index is 760. The van der Waals surface area contributed by atoms with Crippen molar-refractivity contribution in [2.45, 2.75) is 92.1 Å². The molecule has 0 amide bonds. The van der Waals surface area contributed by atoms with Crippen LogP contribution in [0.5, 0.6) is 0 Å². The van der Waals surface area contributed by atoms with E-state index in [0.29, 0.717) is 29.1 Å². The molecule has 0 aromatic rings. The molecule has 0 saturated heterocycles. The fraction of sp³-hybridized carbons (Fsp3) is 0.815. The molecule has 160 valence electrons. The molecule has 0 bridgehead atoms. The molecule has 8 atom stereocenters. The van der Waals surface area contributed by atoms with Crippen LogP contribution in [0.25, 0.3) is 0 Å². The number of hydrogen-bond donors (Lipinski definition) is 0. The van der Waals surface area contributed by atoms with E-state index >= 15 is 0 Å². The first-order valence-corrected chi connectivity index (χ1v) is 12.3. The van der Waals surface area contributed by atoms with Crippen LogP contribution in [0.1, 0.15) is 86.0 Å². The number of ether oxygens (including phenoxy) is 1. The first kappa shape index (κ1) is 19.9. The summed E-state index contributed by atoms with van der Waals surface area (Å²) in [7, 11) is 0. The molecule has 3 fully saturated rings. The maximum atomic E-state index is 12.0. The number of rotatable bonds is 3. The van der Waals surface area contributed by atoms with E-state index in [1.807, 2.05) is 6.08 Å². The molecule has 29 heavy (non-hydrogen) atoms. The summed E-state index contributed by atoms with van der Waals surface area (Å²) >= 11 is 0. The minimum absolute atomic E-state index is 0.240. The minimum atomic E-state index is 0.240. The van der Waals surface area contributed by atoms with Gasteiger partial charge in [0.15, 0.2) is 5.78 Å². The highest BCUT2D eigenvalue weighted by Gasteiger charge is 2.64. The lowest BCUT2D eigenvalue weighted by molar-refractivity contribution is -0.122. The average molecular weight is 397 g/mol. The van der Waals surface area contributed by atoms with Crippen molar-refractivity contribution in [3.05, 3.63) is 23.5 Å². The van der Waals surface area contributed by atoms with E-state index in [4.69, 9.17) is 4.74 Å². The summed E-state index contributed by atoms with van der Waals surface area (Å²) < 4.78 is 6.65. The van der Waals surface area contributed by atoms with E-state index in [2.05, 4.69) is 40.7 Å². The molecule has 0 aromatic carbocycles. The van der Waals surface area contributed by atoms with Gasteiger partial charge < -0.3 is 4.74 Å². The Morgan fingerprint density at radius 1 is 1.17 bits per heavy atom. The molecule has 0 spiro atoms. The van der Waals surface area contributed by atoms with Crippen molar-refractivity contribution in [1.82, 2.24) is 0 Å². The molecule has 0 radical (unpaired) electrons. The van der Waals surface area contributed by atoms with Crippen LogP contribution in [0.15, 0.2) is 23.5 Å². The highest BCUT2D eigenvalue weighted by Crippen LogP contribution is 2.69. The van der Waals surface area contributed by atoms with Crippen molar-refractivity contribution in [3.8, 4) is 0 Å². The summed E-state index contributed by atoms with van der Waals surface area (Å²) in [6, 6.07) is 0. The van der Waals surface area contributed by atoms with Crippen LogP contribution in [0, 0.1) is 46.3 Å². The fourth-order valence-corrected chi connectivity index (χ4v) is 8.64. The summed E-state index contributed by atoms with van der Waals surface area (Å²) in [6.07, 6.45) is 14.3. The number of fused-ring (bicyclic) bond motifs is 7. The van der Waals surface area contributed by atoms with Gasteiger partial charge >= 0.3 is 0 Å². The van der Waals surface area contributed by atoms with Gasteiger partial charge in [0.25, 0.3) is 0 Å². The van der Waals surface area contributed by atoms with Gasteiger partial charge in [0.2, 0.25) is 0 Å². The molecule has 4 aliphatic carbocycles. The normalized spacial score (nSPS) is 48.3. The second-order valence-corrected chi connectivity index (χ2v) is 12.0. The Kier molecular flexibility index (Phi) is 4.61. The molecule has 3 saturated carbocycles. The van der Waals surface area contributed by atoms with Crippen LogP contribution in [0.4, 0.5) is 0 Å². The van der Waals surface area contributed by atoms with Crippen LogP contribution < -0.4 is 0 Å². The Balaban J connectivity index is 1.41. The second-order valence-electron chi connectivity index (χ2n) is 12.0. The minimum Gasteiger partial charge on any atom is -0.494 e. The van der Waals surface area contributed by atoms with Gasteiger partial charge in [0, 0.05) is 18.8 Å². The van der Waals surface area contributed by atoms with Gasteiger partial charge in [-0.25, -0.2) is 0 Å². The van der Waals surface area contributed by atoms with Crippen molar-refractivity contribution in [2.24, 2.45) is 46.3 Å². The monoisotopic (exact) mass is 396 g/mol. The van der Waals surface area contributed by atoms with Gasteiger partial charge in [-0.1, -0.05) is 33.8 Å². The molecule has 0 N–H and O–H groups in total. The van der Waals surface area contributed by atoms with Crippen LogP contribution >= 0.6 is 0 Å². The van der Waals surface area contributed by atoms with Crippen LogP contribution in [0.3, 0.4) is 0 Å². The van der Waals surface area contributed by atoms with Crippen molar-refractivity contribution in [3.63, 3.8) is 0 Å². The summed E-state index contributed by atoms with van der Waals surface area (Å²) in [5.74, 6) is 6.01. The van der Waals surface area contributed by atoms with E-state index in [0.717, 1.165) is 36.5 Å². The zero-order valence-corrected chi connectivity index (χ0v) is 19.2. The average Bonchev–Trinajstić information content (AvgIpc) is 3.14. The predicted octanol–water partition coefficient (Wildman–Crippen LogP) is 6.71. The maximum absolute atomic E-state index is 12.0. The summed E-state index contributed by atoms with van der Waals surface area (Å²) in [6.45, 7) is 12.1. The second kappa shape index (κ2) is 6.72. The number of ketones is 1. The Morgan fingerprint density at radius 2 is 1.97 bits per heavy atom. The van der Waals surface area contributed by atoms with E-state index in [1.54, 1.807) is 5.57 Å². The fourth-order valence-electron chi connectivity index (χ4n) is 8.64. The predicted molar refractivity (Wildman–Crippen MR) is 117 cm³/mol. The third-order valence-electron chi connectivity index (χ3n) is 10.2. The van der Waals surface area contributed by atoms with E-state index < -0.39 is 0 Å². The maximum Gasteiger partial charge on any atom is 0.155 e. The summed E-state index contributed by atoms with van der Waals surface area (Å²) in [5, 5.41) is 0. The molecule has 2 heteroatoms. The third kappa shape index (κ3) is 2.83. The lowest BCUT2D eigenvalue weighted by Crippen LogP contribution is -2.52. The molecule has 1 heterocycles. The standard InChI is InChI=1S/C27H40O2/c1-16(2)6-9-23-17(3)25-24(29-23)15-22-20-8-7-18-14-19(28)10-12-26(18,4)21(20)11-13-27(22,25)5/h10,12,16,18,20-22,24-25H,6-9,11,13-15H2,1-5H3. The van der Waals surface area contributed by atoms with Gasteiger partial charge in [-0.2, -0.15) is 0 Å². The van der Waals surface area contributed by atoms with Gasteiger partial charge in [-0.3, -0.25) is 4.79 Å². The van der Waals surface area contributed by atoms with Gasteiger partial charge in [0.05, 0.1) is 5.76 Å². The Morgan fingerprint density at radius 3 is 2.72 bits per heavy atom. The molecule has 0 aromatic heterocycles. The molecule has 5 rings (SSSR count). The van der Waals surface area contributed by atoms with E-state index in [9.17, 15) is 4.79 Å². The molecular formula is C27H40O2. The Hall–Kier alpha value is -1.05. The van der Waals surface area contributed by atoms with Crippen molar-refractivity contribution < 1.29 is 9.53 Å². The molecule has 1 aliphatic heterocycles. The number of hydrogen-bond acceptors (Lipinski definition) is 2. The largest absolute Gasteiger partial charge is 0.494 e. The van der Waals surface area contributed by atoms with Crippen LogP contribution in [-0.2, 0) is 9.53 Å². The smallest absolute Gasteiger partial charge is 0.155 e. The molecule has 5 aliphatic rings. The number of carbonyl (C=O) groups is 1. The van der Waals surface area contributed by atoms with Gasteiger partial charge in [-0.15, -0.1) is 0 Å². The first-order valence-electron chi connectivity index (χ1n) is 12.3. The summed E-state index contributed by atoms with van der Waals surface area (Å²) in [4.78, 5) is 12.0. The lowest BCUT2D eigenvalue weighted by atomic mass is 9.46. The van der Waals surface area contributed by atoms with Crippen molar-refractivity contribution >= 4 is 5.78 Å². The van der Waals surface area contributed by atoms with Gasteiger partial charge in [-0.05, 0) is 97.5 Å². The number of carbonyl (C=O) groups excluding carboxylic acids is 1. The quantitative estimate of drug-likeness (QED) is 0.530. The Labute approximate surface area is 177 Å². The highest BCUT2D eigenvalue weighted by molar-refractivity contribution is 5.91. The van der Waals surface area contributed by atoms with Crippen molar-refractivity contribution in [2.75, 3.05) is 0 Å². The van der Waals surface area contributed by atoms with Crippen LogP contribution in [0.2, 0.25) is 0 Å². The molecular weight excluding hydrogens is 356 g/mol. The zero-order chi connectivity index (χ0) is 20.6. The number of allylic oxidation sites excluding steroid dienone is 3. The van der Waals surface area contributed by atoms with Crippen molar-refractivity contribution in [1.29, 1.82) is 0 Å².